The third kappa shape index (κ3) is 10.9. The van der Waals surface area contributed by atoms with Gasteiger partial charge in [-0.1, -0.05) is 25.7 Å². The maximum absolute atomic E-state index is 12.2. The first-order valence-corrected chi connectivity index (χ1v) is 10.4. The van der Waals surface area contributed by atoms with Crippen molar-refractivity contribution in [3.8, 4) is 0 Å². The molecule has 8 heteroatoms. The van der Waals surface area contributed by atoms with Crippen LogP contribution in [0.2, 0.25) is 0 Å². The van der Waals surface area contributed by atoms with Crippen molar-refractivity contribution in [2.45, 2.75) is 77.0 Å². The number of piperazine rings is 1. The van der Waals surface area contributed by atoms with E-state index in [9.17, 15) is 19.2 Å². The highest BCUT2D eigenvalue weighted by Gasteiger charge is 2.23. The molecule has 8 nitrogen and oxygen atoms in total. The molecule has 0 spiro atoms. The van der Waals surface area contributed by atoms with Crippen LogP contribution in [-0.2, 0) is 19.2 Å². The summed E-state index contributed by atoms with van der Waals surface area (Å²) in [6, 6.07) is 0. The van der Waals surface area contributed by atoms with Crippen LogP contribution < -0.4 is 0 Å². The average molecular weight is 399 g/mol. The van der Waals surface area contributed by atoms with Gasteiger partial charge in [0.25, 0.3) is 0 Å². The van der Waals surface area contributed by atoms with E-state index in [0.717, 1.165) is 38.5 Å². The number of unbranched alkanes of at least 4 members (excludes halogenated alkanes) is 6. The van der Waals surface area contributed by atoms with Crippen molar-refractivity contribution in [3.05, 3.63) is 0 Å². The molecular weight excluding hydrogens is 364 g/mol. The lowest BCUT2D eigenvalue weighted by Gasteiger charge is -2.35. The summed E-state index contributed by atoms with van der Waals surface area (Å²) < 4.78 is 0. The molecule has 2 amide bonds. The van der Waals surface area contributed by atoms with E-state index in [1.54, 1.807) is 0 Å². The standard InChI is InChI=1S/C20H34N2O6/c23-17(9-5-1-3-7-11-19(25)26)21-13-15-22(16-14-21)18(24)10-6-2-4-8-12-20(27)28/h1-16H2,(H,25,26)(H,27,28). The second-order valence-electron chi connectivity index (χ2n) is 7.38. The average Bonchev–Trinajstić information content (AvgIpc) is 2.66. The molecule has 1 aliphatic rings. The van der Waals surface area contributed by atoms with Crippen LogP contribution in [0, 0.1) is 0 Å². The van der Waals surface area contributed by atoms with Gasteiger partial charge in [-0.25, -0.2) is 0 Å². The quantitative estimate of drug-likeness (QED) is 0.434. The molecule has 1 heterocycles. The number of amides is 2. The molecule has 28 heavy (non-hydrogen) atoms. The lowest BCUT2D eigenvalue weighted by atomic mass is 10.1. The molecule has 1 saturated heterocycles. The Labute approximate surface area is 166 Å². The van der Waals surface area contributed by atoms with E-state index in [2.05, 4.69) is 0 Å². The fourth-order valence-electron chi connectivity index (χ4n) is 3.33. The predicted molar refractivity (Wildman–Crippen MR) is 104 cm³/mol. The molecule has 1 aliphatic heterocycles. The van der Waals surface area contributed by atoms with E-state index < -0.39 is 11.9 Å². The molecule has 160 valence electrons. The molecule has 0 aromatic rings. The lowest BCUT2D eigenvalue weighted by Crippen LogP contribution is -2.50. The number of nitrogens with zero attached hydrogens (tertiary/aromatic N) is 2. The van der Waals surface area contributed by atoms with Crippen molar-refractivity contribution in [3.63, 3.8) is 0 Å². The Kier molecular flexibility index (Phi) is 11.9. The highest BCUT2D eigenvalue weighted by atomic mass is 16.4. The number of carboxylic acids is 2. The zero-order chi connectivity index (χ0) is 20.8. The van der Waals surface area contributed by atoms with Crippen molar-refractivity contribution < 1.29 is 29.4 Å². The molecule has 0 aliphatic carbocycles. The topological polar surface area (TPSA) is 115 Å². The van der Waals surface area contributed by atoms with Gasteiger partial charge in [-0.2, -0.15) is 0 Å². The van der Waals surface area contributed by atoms with E-state index in [1.165, 1.54) is 0 Å². The Morgan fingerprint density at radius 2 is 0.786 bits per heavy atom. The minimum atomic E-state index is -0.776. The summed E-state index contributed by atoms with van der Waals surface area (Å²) in [6.07, 6.45) is 7.60. The summed E-state index contributed by atoms with van der Waals surface area (Å²) in [4.78, 5) is 48.9. The maximum Gasteiger partial charge on any atom is 0.303 e. The van der Waals surface area contributed by atoms with Crippen molar-refractivity contribution in [2.75, 3.05) is 26.2 Å². The first kappa shape index (κ1) is 23.9. The predicted octanol–water partition coefficient (Wildman–Crippen LogP) is 2.51. The largest absolute Gasteiger partial charge is 0.481 e. The zero-order valence-electron chi connectivity index (χ0n) is 16.7. The molecule has 2 N–H and O–H groups in total. The van der Waals surface area contributed by atoms with Gasteiger partial charge >= 0.3 is 11.9 Å². The van der Waals surface area contributed by atoms with Crippen LogP contribution in [0.3, 0.4) is 0 Å². The molecule has 1 rings (SSSR count). The molecular formula is C20H34N2O6. The van der Waals surface area contributed by atoms with Crippen molar-refractivity contribution in [2.24, 2.45) is 0 Å². The van der Waals surface area contributed by atoms with E-state index in [4.69, 9.17) is 10.2 Å². The summed E-state index contributed by atoms with van der Waals surface area (Å²) in [5.41, 5.74) is 0. The number of carbonyl (C=O) groups is 4. The number of hydrogen-bond acceptors (Lipinski definition) is 4. The Balaban J connectivity index is 2.08. The second-order valence-corrected chi connectivity index (χ2v) is 7.38. The minimum absolute atomic E-state index is 0.115. The Bertz CT molecular complexity index is 469. The first-order valence-electron chi connectivity index (χ1n) is 10.4. The molecule has 0 aromatic carbocycles. The third-order valence-corrected chi connectivity index (χ3v) is 5.05. The van der Waals surface area contributed by atoms with Crippen molar-refractivity contribution in [1.29, 1.82) is 0 Å². The van der Waals surface area contributed by atoms with Gasteiger partial charge in [0.15, 0.2) is 0 Å². The number of carboxylic acid groups (broad SMARTS) is 2. The van der Waals surface area contributed by atoms with Crippen molar-refractivity contribution in [1.82, 2.24) is 9.80 Å². The lowest BCUT2D eigenvalue weighted by molar-refractivity contribution is -0.139. The van der Waals surface area contributed by atoms with Crippen molar-refractivity contribution >= 4 is 23.8 Å². The summed E-state index contributed by atoms with van der Waals surface area (Å²) in [7, 11) is 0. The first-order chi connectivity index (χ1) is 13.4. The summed E-state index contributed by atoms with van der Waals surface area (Å²) >= 11 is 0. The van der Waals surface area contributed by atoms with Crippen LogP contribution in [0.5, 0.6) is 0 Å². The second kappa shape index (κ2) is 14.0. The fraction of sp³-hybridized carbons (Fsp3) is 0.800. The highest BCUT2D eigenvalue weighted by molar-refractivity contribution is 5.78. The van der Waals surface area contributed by atoms with Gasteiger partial charge in [-0.05, 0) is 25.7 Å². The molecule has 0 atom stereocenters. The minimum Gasteiger partial charge on any atom is -0.481 e. The Morgan fingerprint density at radius 1 is 0.500 bits per heavy atom. The maximum atomic E-state index is 12.2. The molecule has 0 saturated carbocycles. The highest BCUT2D eigenvalue weighted by Crippen LogP contribution is 2.12. The Morgan fingerprint density at radius 3 is 1.07 bits per heavy atom. The number of aliphatic carboxylic acids is 2. The summed E-state index contributed by atoms with van der Waals surface area (Å²) in [6.45, 7) is 2.29. The number of rotatable bonds is 14. The van der Waals surface area contributed by atoms with Crippen LogP contribution in [0.4, 0.5) is 0 Å². The van der Waals surface area contributed by atoms with Crippen LogP contribution >= 0.6 is 0 Å². The summed E-state index contributed by atoms with van der Waals surface area (Å²) in [5, 5.41) is 17.2. The van der Waals surface area contributed by atoms with Gasteiger partial charge in [0.1, 0.15) is 0 Å². The van der Waals surface area contributed by atoms with Gasteiger partial charge in [0.05, 0.1) is 0 Å². The van der Waals surface area contributed by atoms with Gasteiger partial charge in [-0.15, -0.1) is 0 Å². The smallest absolute Gasteiger partial charge is 0.303 e. The fourth-order valence-corrected chi connectivity index (χ4v) is 3.33. The Hall–Kier alpha value is -2.12. The van der Waals surface area contributed by atoms with Crippen LogP contribution in [-0.4, -0.2) is 69.9 Å². The monoisotopic (exact) mass is 398 g/mol. The van der Waals surface area contributed by atoms with Crippen LogP contribution in [0.25, 0.3) is 0 Å². The molecule has 0 unspecified atom stereocenters. The van der Waals surface area contributed by atoms with E-state index in [-0.39, 0.29) is 24.7 Å². The number of hydrogen-bond donors (Lipinski definition) is 2. The van der Waals surface area contributed by atoms with E-state index >= 15 is 0 Å². The summed E-state index contributed by atoms with van der Waals surface area (Å²) in [5.74, 6) is -1.32. The SMILES string of the molecule is O=C(O)CCCCCCC(=O)N1CCN(C(=O)CCCCCCC(=O)O)CC1. The van der Waals surface area contributed by atoms with Crippen LogP contribution in [0.15, 0.2) is 0 Å². The van der Waals surface area contributed by atoms with Crippen LogP contribution in [0.1, 0.15) is 77.0 Å². The zero-order valence-corrected chi connectivity index (χ0v) is 16.7. The van der Waals surface area contributed by atoms with E-state index in [0.29, 0.717) is 51.9 Å². The van der Waals surface area contributed by atoms with Gasteiger partial charge < -0.3 is 20.0 Å². The molecule has 0 radical (unpaired) electrons. The molecule has 1 fully saturated rings. The number of carbonyl (C=O) groups excluding carboxylic acids is 2. The molecule has 0 bridgehead atoms. The van der Waals surface area contributed by atoms with Gasteiger partial charge in [0, 0.05) is 51.9 Å². The van der Waals surface area contributed by atoms with Gasteiger partial charge in [0.2, 0.25) is 11.8 Å². The molecule has 0 aromatic heterocycles. The van der Waals surface area contributed by atoms with Gasteiger partial charge in [-0.3, -0.25) is 19.2 Å². The van der Waals surface area contributed by atoms with E-state index in [1.807, 2.05) is 9.80 Å². The third-order valence-electron chi connectivity index (χ3n) is 5.05. The normalized spacial score (nSPS) is 14.1.